The third kappa shape index (κ3) is 4.29. The molecule has 4 rings (SSSR count). The van der Waals surface area contributed by atoms with Crippen molar-refractivity contribution in [1.82, 2.24) is 10.2 Å². The fraction of sp³-hybridized carbons (Fsp3) is 0.500. The zero-order valence-corrected chi connectivity index (χ0v) is 17.5. The number of carbonyl (C=O) groups excluding carboxylic acids is 2. The summed E-state index contributed by atoms with van der Waals surface area (Å²) in [5.74, 6) is 0.0413. The van der Waals surface area contributed by atoms with Crippen molar-refractivity contribution in [2.45, 2.75) is 50.6 Å². The van der Waals surface area contributed by atoms with Crippen LogP contribution < -0.4 is 5.32 Å². The average molecular weight is 411 g/mol. The monoisotopic (exact) mass is 410 g/mol. The highest BCUT2D eigenvalue weighted by atomic mass is 16.5. The van der Waals surface area contributed by atoms with E-state index in [-0.39, 0.29) is 35.3 Å². The molecule has 6 nitrogen and oxygen atoms in total. The third-order valence-corrected chi connectivity index (χ3v) is 6.57. The van der Waals surface area contributed by atoms with E-state index in [1.165, 1.54) is 39.2 Å². The number of fused-ring (bicyclic) bond motifs is 1. The summed E-state index contributed by atoms with van der Waals surface area (Å²) in [4.78, 5) is 27.4. The predicted octanol–water partition coefficient (Wildman–Crippen LogP) is 3.47. The molecule has 0 unspecified atom stereocenters. The Hall–Kier alpha value is -2.60. The van der Waals surface area contributed by atoms with Crippen molar-refractivity contribution in [2.75, 3.05) is 20.2 Å². The minimum Gasteiger partial charge on any atom is -0.506 e. The summed E-state index contributed by atoms with van der Waals surface area (Å²) < 4.78 is 5.03. The Kier molecular flexibility index (Phi) is 6.23. The van der Waals surface area contributed by atoms with Gasteiger partial charge in [0.05, 0.1) is 12.7 Å². The lowest BCUT2D eigenvalue weighted by atomic mass is 9.89. The molecule has 0 aromatic heterocycles. The van der Waals surface area contributed by atoms with Crippen LogP contribution in [0.2, 0.25) is 0 Å². The van der Waals surface area contributed by atoms with E-state index in [0.717, 1.165) is 11.9 Å². The number of amides is 1. The Labute approximate surface area is 177 Å². The summed E-state index contributed by atoms with van der Waals surface area (Å²) in [5.41, 5.74) is 0.258. The first-order chi connectivity index (χ1) is 14.6. The van der Waals surface area contributed by atoms with Gasteiger partial charge in [-0.3, -0.25) is 14.5 Å². The average Bonchev–Trinajstić information content (AvgIpc) is 3.16. The van der Waals surface area contributed by atoms with Crippen LogP contribution in [0.4, 0.5) is 0 Å². The van der Waals surface area contributed by atoms with Crippen LogP contribution in [0.15, 0.2) is 36.4 Å². The van der Waals surface area contributed by atoms with Crippen LogP contribution in [-0.4, -0.2) is 54.2 Å². The number of phenolic OH excluding ortho intramolecular Hbond substituents is 1. The number of nitrogens with zero attached hydrogens (tertiary/aromatic N) is 1. The molecule has 1 amide bonds. The van der Waals surface area contributed by atoms with Crippen LogP contribution in [0.5, 0.6) is 5.75 Å². The maximum Gasteiger partial charge on any atom is 0.323 e. The molecule has 1 saturated carbocycles. The lowest BCUT2D eigenvalue weighted by Crippen LogP contribution is -2.41. The molecule has 1 saturated heterocycles. The number of hydrogen-bond donors (Lipinski definition) is 2. The SMILES string of the molecule is COC(=O)[C@@H]1C[C@@H](NC(=O)c2ccc3ccccc3c2O)CN1CC1CCCCC1. The number of likely N-dealkylation sites (tertiary alicyclic amines) is 1. The maximum absolute atomic E-state index is 12.9. The topological polar surface area (TPSA) is 78.9 Å². The highest BCUT2D eigenvalue weighted by Gasteiger charge is 2.39. The van der Waals surface area contributed by atoms with Crippen molar-refractivity contribution >= 4 is 22.6 Å². The zero-order chi connectivity index (χ0) is 21.1. The van der Waals surface area contributed by atoms with Gasteiger partial charge in [-0.2, -0.15) is 0 Å². The highest BCUT2D eigenvalue weighted by Crippen LogP contribution is 2.30. The minimum atomic E-state index is -0.326. The van der Waals surface area contributed by atoms with E-state index >= 15 is 0 Å². The van der Waals surface area contributed by atoms with Gasteiger partial charge in [0, 0.05) is 24.5 Å². The van der Waals surface area contributed by atoms with Crippen LogP contribution in [0, 0.1) is 5.92 Å². The quantitative estimate of drug-likeness (QED) is 0.738. The zero-order valence-electron chi connectivity index (χ0n) is 17.5. The van der Waals surface area contributed by atoms with Crippen LogP contribution in [0.3, 0.4) is 0 Å². The lowest BCUT2D eigenvalue weighted by Gasteiger charge is -2.29. The fourth-order valence-electron chi connectivity index (χ4n) is 4.99. The van der Waals surface area contributed by atoms with Crippen molar-refractivity contribution in [3.8, 4) is 5.75 Å². The van der Waals surface area contributed by atoms with E-state index < -0.39 is 0 Å². The van der Waals surface area contributed by atoms with Crippen LogP contribution in [0.25, 0.3) is 10.8 Å². The van der Waals surface area contributed by atoms with E-state index in [1.54, 1.807) is 12.1 Å². The minimum absolute atomic E-state index is 0.00724. The van der Waals surface area contributed by atoms with E-state index in [2.05, 4.69) is 10.2 Å². The second-order valence-corrected chi connectivity index (χ2v) is 8.59. The number of hydrogen-bond acceptors (Lipinski definition) is 5. The van der Waals surface area contributed by atoms with Crippen molar-refractivity contribution < 1.29 is 19.4 Å². The number of nitrogens with one attached hydrogen (secondary N) is 1. The normalized spacial score (nSPS) is 22.8. The molecule has 2 N–H and O–H groups in total. The predicted molar refractivity (Wildman–Crippen MR) is 115 cm³/mol. The molecule has 160 valence electrons. The number of phenols is 1. The van der Waals surface area contributed by atoms with Gasteiger partial charge in [-0.1, -0.05) is 49.6 Å². The summed E-state index contributed by atoms with van der Waals surface area (Å²) in [7, 11) is 1.42. The highest BCUT2D eigenvalue weighted by molar-refractivity contribution is 6.03. The Morgan fingerprint density at radius 1 is 1.13 bits per heavy atom. The number of carbonyl (C=O) groups is 2. The van der Waals surface area contributed by atoms with Gasteiger partial charge in [0.2, 0.25) is 0 Å². The smallest absolute Gasteiger partial charge is 0.323 e. The molecule has 30 heavy (non-hydrogen) atoms. The van der Waals surface area contributed by atoms with Crippen molar-refractivity contribution in [1.29, 1.82) is 0 Å². The summed E-state index contributed by atoms with van der Waals surface area (Å²) in [6.07, 6.45) is 6.73. The molecular weight excluding hydrogens is 380 g/mol. The molecule has 2 aromatic rings. The Bertz CT molecular complexity index is 923. The van der Waals surface area contributed by atoms with Gasteiger partial charge in [-0.25, -0.2) is 0 Å². The summed E-state index contributed by atoms with van der Waals surface area (Å²) in [6.45, 7) is 1.49. The Morgan fingerprint density at radius 2 is 1.90 bits per heavy atom. The van der Waals surface area contributed by atoms with Gasteiger partial charge in [0.15, 0.2) is 0 Å². The number of benzene rings is 2. The molecule has 0 radical (unpaired) electrons. The van der Waals surface area contributed by atoms with E-state index in [0.29, 0.717) is 24.3 Å². The number of ether oxygens (including phenoxy) is 1. The second-order valence-electron chi connectivity index (χ2n) is 8.59. The third-order valence-electron chi connectivity index (χ3n) is 6.57. The van der Waals surface area contributed by atoms with Gasteiger partial charge >= 0.3 is 5.97 Å². The molecule has 0 spiro atoms. The molecule has 6 heteroatoms. The van der Waals surface area contributed by atoms with Crippen LogP contribution >= 0.6 is 0 Å². The van der Waals surface area contributed by atoms with Gasteiger partial charge in [-0.15, -0.1) is 0 Å². The van der Waals surface area contributed by atoms with Gasteiger partial charge in [-0.05, 0) is 36.6 Å². The van der Waals surface area contributed by atoms with E-state index in [1.807, 2.05) is 24.3 Å². The summed E-state index contributed by atoms with van der Waals surface area (Å²) >= 11 is 0. The number of esters is 1. The summed E-state index contributed by atoms with van der Waals surface area (Å²) in [5, 5.41) is 15.2. The molecule has 1 aliphatic carbocycles. The van der Waals surface area contributed by atoms with Gasteiger partial charge in [0.1, 0.15) is 11.8 Å². The van der Waals surface area contributed by atoms with E-state index in [9.17, 15) is 14.7 Å². The number of methoxy groups -OCH3 is 1. The van der Waals surface area contributed by atoms with Crippen molar-refractivity contribution in [3.63, 3.8) is 0 Å². The molecule has 2 atom stereocenters. The first-order valence-corrected chi connectivity index (χ1v) is 10.9. The number of rotatable bonds is 5. The standard InChI is InChI=1S/C24H30N2O4/c1-30-24(29)21-13-18(15-26(21)14-16-7-3-2-4-8-16)25-23(28)20-12-11-17-9-5-6-10-19(17)22(20)27/h5-6,9-12,16,18,21,27H,2-4,7-8,13-15H2,1H3,(H,25,28)/t18-,21+/m1/s1. The molecule has 0 bridgehead atoms. The molecule has 2 aromatic carbocycles. The van der Waals surface area contributed by atoms with Gasteiger partial charge in [0.25, 0.3) is 5.91 Å². The van der Waals surface area contributed by atoms with Crippen molar-refractivity contribution in [2.24, 2.45) is 5.92 Å². The molecule has 2 fully saturated rings. The van der Waals surface area contributed by atoms with Crippen LogP contribution in [0.1, 0.15) is 48.9 Å². The van der Waals surface area contributed by atoms with Crippen LogP contribution in [-0.2, 0) is 9.53 Å². The molecule has 1 aliphatic heterocycles. The first-order valence-electron chi connectivity index (χ1n) is 10.9. The molecule has 2 aliphatic rings. The van der Waals surface area contributed by atoms with Crippen molar-refractivity contribution in [3.05, 3.63) is 42.0 Å². The summed E-state index contributed by atoms with van der Waals surface area (Å²) in [6, 6.07) is 10.4. The van der Waals surface area contributed by atoms with E-state index in [4.69, 9.17) is 4.74 Å². The molecular formula is C24H30N2O4. The second kappa shape index (κ2) is 9.04. The Morgan fingerprint density at radius 3 is 2.67 bits per heavy atom. The maximum atomic E-state index is 12.9. The van der Waals surface area contributed by atoms with Gasteiger partial charge < -0.3 is 15.2 Å². The lowest BCUT2D eigenvalue weighted by molar-refractivity contribution is -0.146. The number of aromatic hydroxyl groups is 1. The first kappa shape index (κ1) is 20.7. The Balaban J connectivity index is 1.46. The largest absolute Gasteiger partial charge is 0.506 e. The molecule has 1 heterocycles. The fourth-order valence-corrected chi connectivity index (χ4v) is 4.99.